The number of nitro benzene ring substituents is 1. The zero-order valence-electron chi connectivity index (χ0n) is 11.1. The first kappa shape index (κ1) is 14.9. The first-order valence-corrected chi connectivity index (χ1v) is 6.52. The minimum Gasteiger partial charge on any atom is -0.308 e. The number of pyridine rings is 1. The van der Waals surface area contributed by atoms with E-state index in [0.717, 1.165) is 0 Å². The van der Waals surface area contributed by atoms with Crippen molar-refractivity contribution in [3.8, 4) is 11.3 Å². The molecule has 21 heavy (non-hydrogen) atoms. The van der Waals surface area contributed by atoms with Gasteiger partial charge in [0.25, 0.3) is 16.5 Å². The molecule has 2 aromatic rings. The molecule has 108 valence electrons. The van der Waals surface area contributed by atoms with Gasteiger partial charge in [0, 0.05) is 24.2 Å². The number of non-ortho nitro benzene ring substituents is 1. The van der Waals surface area contributed by atoms with Crippen molar-refractivity contribution in [1.29, 1.82) is 0 Å². The van der Waals surface area contributed by atoms with Crippen molar-refractivity contribution in [2.75, 3.05) is 0 Å². The second-order valence-electron chi connectivity index (χ2n) is 4.26. The number of hydrogen-bond donors (Lipinski definition) is 0. The molecule has 0 amide bonds. The molecule has 1 aromatic heterocycles. The van der Waals surface area contributed by atoms with E-state index in [1.54, 1.807) is 25.1 Å². The molecule has 1 heterocycles. The van der Waals surface area contributed by atoms with E-state index >= 15 is 0 Å². The Morgan fingerprint density at radius 2 is 2.05 bits per heavy atom. The molecule has 6 nitrogen and oxygen atoms in total. The summed E-state index contributed by atoms with van der Waals surface area (Å²) in [5, 5.41) is 10.00. The van der Waals surface area contributed by atoms with Crippen molar-refractivity contribution in [3.63, 3.8) is 0 Å². The van der Waals surface area contributed by atoms with Crippen molar-refractivity contribution >= 4 is 22.5 Å². The quantitative estimate of drug-likeness (QED) is 0.494. The number of rotatable bonds is 4. The zero-order chi connectivity index (χ0) is 15.6. The molecule has 7 heteroatoms. The summed E-state index contributed by atoms with van der Waals surface area (Å²) in [5.41, 5.74) is 0.318. The summed E-state index contributed by atoms with van der Waals surface area (Å²) in [5.74, 6) is 0. The van der Waals surface area contributed by atoms with Gasteiger partial charge in [0.05, 0.1) is 16.2 Å². The van der Waals surface area contributed by atoms with Gasteiger partial charge in [0.1, 0.15) is 0 Å². The highest BCUT2D eigenvalue weighted by atomic mass is 35.5. The van der Waals surface area contributed by atoms with Gasteiger partial charge in [0.15, 0.2) is 0 Å². The van der Waals surface area contributed by atoms with Crippen LogP contribution >= 0.6 is 11.6 Å². The molecule has 0 aliphatic heterocycles. The molecule has 0 bridgehead atoms. The zero-order valence-corrected chi connectivity index (χ0v) is 11.8. The lowest BCUT2D eigenvalue weighted by atomic mass is 10.1. The fourth-order valence-corrected chi connectivity index (χ4v) is 2.22. The molecule has 0 aliphatic rings. The molecular weight excluding hydrogens is 296 g/mol. The Hall–Kier alpha value is -2.47. The maximum absolute atomic E-state index is 12.2. The third-order valence-corrected chi connectivity index (χ3v) is 3.26. The summed E-state index contributed by atoms with van der Waals surface area (Å²) < 4.78 is 1.36. The van der Waals surface area contributed by atoms with Crippen LogP contribution in [-0.4, -0.2) is 14.7 Å². The number of hydrogen-bond acceptors (Lipinski definition) is 4. The van der Waals surface area contributed by atoms with E-state index in [1.165, 1.54) is 22.8 Å². The molecule has 0 unspecified atom stereocenters. The Morgan fingerprint density at radius 3 is 2.62 bits per heavy atom. The second-order valence-corrected chi connectivity index (χ2v) is 4.61. The molecule has 0 aliphatic carbocycles. The third kappa shape index (κ3) is 2.85. The SMILES string of the molecule is CCn1c(-c2cccc([N+](=O)[O-])c2)ccc(C(=O)Cl)c1=O. The summed E-state index contributed by atoms with van der Waals surface area (Å²) in [6.45, 7) is 2.06. The van der Waals surface area contributed by atoms with Crippen molar-refractivity contribution in [2.24, 2.45) is 0 Å². The van der Waals surface area contributed by atoms with Gasteiger partial charge in [-0.2, -0.15) is 0 Å². The summed E-state index contributed by atoms with van der Waals surface area (Å²) in [4.78, 5) is 33.7. The normalized spacial score (nSPS) is 10.4. The van der Waals surface area contributed by atoms with Gasteiger partial charge in [-0.05, 0) is 30.7 Å². The van der Waals surface area contributed by atoms with Crippen LogP contribution in [0, 0.1) is 10.1 Å². The van der Waals surface area contributed by atoms with Crippen LogP contribution in [0.25, 0.3) is 11.3 Å². The van der Waals surface area contributed by atoms with Crippen LogP contribution < -0.4 is 5.56 Å². The highest BCUT2D eigenvalue weighted by Gasteiger charge is 2.15. The van der Waals surface area contributed by atoms with Crippen molar-refractivity contribution in [1.82, 2.24) is 4.57 Å². The van der Waals surface area contributed by atoms with Gasteiger partial charge < -0.3 is 4.57 Å². The van der Waals surface area contributed by atoms with Crippen LogP contribution in [0.15, 0.2) is 41.2 Å². The molecule has 2 rings (SSSR count). The summed E-state index contributed by atoms with van der Waals surface area (Å²) in [7, 11) is 0. The Bertz CT molecular complexity index is 783. The Labute approximate surface area is 124 Å². The number of aromatic nitrogens is 1. The van der Waals surface area contributed by atoms with E-state index in [2.05, 4.69) is 0 Å². The first-order valence-electron chi connectivity index (χ1n) is 6.14. The Kier molecular flexibility index (Phi) is 4.18. The number of nitro groups is 1. The number of carbonyl (C=O) groups excluding carboxylic acids is 1. The van der Waals surface area contributed by atoms with Gasteiger partial charge in [-0.25, -0.2) is 0 Å². The fraction of sp³-hybridized carbons (Fsp3) is 0.143. The molecule has 0 spiro atoms. The van der Waals surface area contributed by atoms with E-state index in [0.29, 0.717) is 17.8 Å². The molecule has 0 saturated heterocycles. The van der Waals surface area contributed by atoms with Crippen LogP contribution in [0.1, 0.15) is 17.3 Å². The molecule has 0 atom stereocenters. The molecule has 0 N–H and O–H groups in total. The average Bonchev–Trinajstić information content (AvgIpc) is 2.46. The number of nitrogens with zero attached hydrogens (tertiary/aromatic N) is 2. The minimum absolute atomic E-state index is 0.0694. The lowest BCUT2D eigenvalue weighted by Crippen LogP contribution is -2.25. The number of carbonyl (C=O) groups is 1. The molecule has 1 aromatic carbocycles. The molecule has 0 radical (unpaired) electrons. The van der Waals surface area contributed by atoms with Crippen LogP contribution in [0.2, 0.25) is 0 Å². The van der Waals surface area contributed by atoms with Gasteiger partial charge in [-0.3, -0.25) is 19.7 Å². The number of benzene rings is 1. The highest BCUT2D eigenvalue weighted by molar-refractivity contribution is 6.67. The monoisotopic (exact) mass is 306 g/mol. The van der Waals surface area contributed by atoms with Crippen molar-refractivity contribution < 1.29 is 9.72 Å². The topological polar surface area (TPSA) is 82.2 Å². The minimum atomic E-state index is -0.826. The van der Waals surface area contributed by atoms with Crippen LogP contribution in [-0.2, 0) is 6.54 Å². The highest BCUT2D eigenvalue weighted by Crippen LogP contribution is 2.23. The van der Waals surface area contributed by atoms with E-state index < -0.39 is 15.7 Å². The van der Waals surface area contributed by atoms with Crippen molar-refractivity contribution in [3.05, 3.63) is 62.4 Å². The maximum Gasteiger partial charge on any atom is 0.270 e. The van der Waals surface area contributed by atoms with Gasteiger partial charge in [-0.15, -0.1) is 0 Å². The van der Waals surface area contributed by atoms with Gasteiger partial charge in [-0.1, -0.05) is 12.1 Å². The predicted molar refractivity (Wildman–Crippen MR) is 78.6 cm³/mol. The number of halogens is 1. The van der Waals surface area contributed by atoms with Gasteiger partial charge >= 0.3 is 0 Å². The largest absolute Gasteiger partial charge is 0.308 e. The summed E-state index contributed by atoms with van der Waals surface area (Å²) in [6.07, 6.45) is 0. The van der Waals surface area contributed by atoms with Crippen LogP contribution in [0.3, 0.4) is 0 Å². The second kappa shape index (κ2) is 5.88. The average molecular weight is 307 g/mol. The lowest BCUT2D eigenvalue weighted by Gasteiger charge is -2.11. The van der Waals surface area contributed by atoms with E-state index in [9.17, 15) is 19.7 Å². The molecule has 0 saturated carbocycles. The van der Waals surface area contributed by atoms with E-state index in [-0.39, 0.29) is 11.3 Å². The fourth-order valence-electron chi connectivity index (χ4n) is 2.07. The maximum atomic E-state index is 12.2. The Morgan fingerprint density at radius 1 is 1.33 bits per heavy atom. The van der Waals surface area contributed by atoms with Crippen LogP contribution in [0.5, 0.6) is 0 Å². The van der Waals surface area contributed by atoms with E-state index in [1.807, 2.05) is 0 Å². The first-order chi connectivity index (χ1) is 9.95. The third-order valence-electron chi connectivity index (χ3n) is 3.05. The van der Waals surface area contributed by atoms with Crippen molar-refractivity contribution in [2.45, 2.75) is 13.5 Å². The molecule has 0 fully saturated rings. The van der Waals surface area contributed by atoms with Gasteiger partial charge in [0.2, 0.25) is 0 Å². The predicted octanol–water partition coefficient (Wildman–Crippen LogP) is 2.82. The summed E-state index contributed by atoms with van der Waals surface area (Å²) >= 11 is 5.36. The van der Waals surface area contributed by atoms with Crippen LogP contribution in [0.4, 0.5) is 5.69 Å². The Balaban J connectivity index is 2.67. The summed E-state index contributed by atoms with van der Waals surface area (Å²) in [6, 6.07) is 8.84. The van der Waals surface area contributed by atoms with E-state index in [4.69, 9.17) is 11.6 Å². The smallest absolute Gasteiger partial charge is 0.270 e. The molecular formula is C14H11ClN2O4. The standard InChI is InChI=1S/C14H11ClN2O4/c1-2-16-12(7-6-11(13(15)18)14(16)19)9-4-3-5-10(8-9)17(20)21/h3-8H,2H2,1H3. The lowest BCUT2D eigenvalue weighted by molar-refractivity contribution is -0.384.